The summed E-state index contributed by atoms with van der Waals surface area (Å²) >= 11 is 0. The van der Waals surface area contributed by atoms with E-state index in [1.807, 2.05) is 24.3 Å². The van der Waals surface area contributed by atoms with Gasteiger partial charge in [0.05, 0.1) is 22.9 Å². The standard InChI is InChI=1S/C34H34N4O5/c39-30(40)12-6-21-4-9-26(10-5-21)35-33(42)34(14-1-2-15-34)37-32(41)24-8-11-28-27(19-24)36-31(25-13-16-43-20-25)38(28)29-18-22-3-7-23(29)17-22/h4-6,8-13,16,19-20,22-23,29H,1-3,7,14-15,17-18H2,(H,35,42)(H,37,41)(H,39,40)/b12-6+. The number of amides is 2. The van der Waals surface area contributed by atoms with Gasteiger partial charge in [0.1, 0.15) is 17.6 Å². The Labute approximate surface area is 249 Å². The van der Waals surface area contributed by atoms with Crippen molar-refractivity contribution in [2.24, 2.45) is 11.8 Å². The van der Waals surface area contributed by atoms with Crippen LogP contribution in [0.5, 0.6) is 0 Å². The van der Waals surface area contributed by atoms with Crippen molar-refractivity contribution >= 4 is 40.6 Å². The summed E-state index contributed by atoms with van der Waals surface area (Å²) in [7, 11) is 0. The molecule has 2 heterocycles. The average Bonchev–Trinajstić information content (AvgIpc) is 3.85. The van der Waals surface area contributed by atoms with Crippen LogP contribution in [0.15, 0.2) is 71.6 Å². The molecule has 43 heavy (non-hydrogen) atoms. The Morgan fingerprint density at radius 2 is 1.84 bits per heavy atom. The van der Waals surface area contributed by atoms with Crippen LogP contribution in [0.2, 0.25) is 0 Å². The minimum atomic E-state index is -1.03. The van der Waals surface area contributed by atoms with Crippen molar-refractivity contribution in [1.82, 2.24) is 14.9 Å². The van der Waals surface area contributed by atoms with E-state index in [0.717, 1.165) is 53.7 Å². The molecule has 2 bridgehead atoms. The molecule has 2 aromatic carbocycles. The molecule has 4 aromatic rings. The van der Waals surface area contributed by atoms with Crippen LogP contribution in [0.4, 0.5) is 5.69 Å². The number of carboxylic acid groups (broad SMARTS) is 1. The summed E-state index contributed by atoms with van der Waals surface area (Å²) in [5, 5.41) is 14.9. The second kappa shape index (κ2) is 10.9. The molecule has 3 aliphatic carbocycles. The van der Waals surface area contributed by atoms with Gasteiger partial charge in [0, 0.05) is 23.4 Å². The number of hydrogen-bond acceptors (Lipinski definition) is 5. The lowest BCUT2D eigenvalue weighted by atomic mass is 9.94. The largest absolute Gasteiger partial charge is 0.478 e. The van der Waals surface area contributed by atoms with E-state index in [-0.39, 0.29) is 11.8 Å². The summed E-state index contributed by atoms with van der Waals surface area (Å²) in [6.07, 6.45) is 13.7. The predicted molar refractivity (Wildman–Crippen MR) is 162 cm³/mol. The van der Waals surface area contributed by atoms with Crippen LogP contribution >= 0.6 is 0 Å². The predicted octanol–water partition coefficient (Wildman–Crippen LogP) is 6.44. The fraction of sp³-hybridized carbons (Fsp3) is 0.353. The Hall–Kier alpha value is -4.66. The quantitative estimate of drug-likeness (QED) is 0.207. The molecule has 3 atom stereocenters. The highest BCUT2D eigenvalue weighted by Gasteiger charge is 2.44. The fourth-order valence-corrected chi connectivity index (χ4v) is 7.47. The number of benzene rings is 2. The van der Waals surface area contributed by atoms with Crippen molar-refractivity contribution in [2.75, 3.05) is 5.32 Å². The van der Waals surface area contributed by atoms with Gasteiger partial charge >= 0.3 is 5.97 Å². The molecule has 3 aliphatic rings. The van der Waals surface area contributed by atoms with Crippen molar-refractivity contribution in [1.29, 1.82) is 0 Å². The second-order valence-corrected chi connectivity index (χ2v) is 12.3. The lowest BCUT2D eigenvalue weighted by Crippen LogP contribution is -2.55. The SMILES string of the molecule is O=C(O)/C=C/c1ccc(NC(=O)C2(NC(=O)c3ccc4c(c3)nc(-c3ccoc3)n4C3CC4CCC3C4)CCCC2)cc1. The molecule has 3 saturated carbocycles. The molecule has 9 heteroatoms. The molecule has 7 rings (SSSR count). The normalized spacial score (nSPS) is 22.4. The molecule has 2 aromatic heterocycles. The van der Waals surface area contributed by atoms with Gasteiger partial charge in [-0.3, -0.25) is 9.59 Å². The van der Waals surface area contributed by atoms with Gasteiger partial charge in [-0.15, -0.1) is 0 Å². The van der Waals surface area contributed by atoms with E-state index in [0.29, 0.717) is 41.6 Å². The highest BCUT2D eigenvalue weighted by molar-refractivity contribution is 6.05. The maximum Gasteiger partial charge on any atom is 0.328 e. The zero-order valence-corrected chi connectivity index (χ0v) is 23.8. The van der Waals surface area contributed by atoms with E-state index < -0.39 is 11.5 Å². The number of carbonyl (C=O) groups is 3. The first-order valence-electron chi connectivity index (χ1n) is 15.1. The molecule has 3 N–H and O–H groups in total. The van der Waals surface area contributed by atoms with Crippen LogP contribution in [0.25, 0.3) is 28.5 Å². The zero-order valence-electron chi connectivity index (χ0n) is 23.8. The topological polar surface area (TPSA) is 126 Å². The second-order valence-electron chi connectivity index (χ2n) is 12.3. The zero-order chi connectivity index (χ0) is 29.6. The summed E-state index contributed by atoms with van der Waals surface area (Å²) in [4.78, 5) is 43.0. The Balaban J connectivity index is 1.13. The molecule has 0 radical (unpaired) electrons. The molecular formula is C34H34N4O5. The van der Waals surface area contributed by atoms with Gasteiger partial charge in [0.2, 0.25) is 5.91 Å². The van der Waals surface area contributed by atoms with Crippen LogP contribution in [-0.2, 0) is 9.59 Å². The van der Waals surface area contributed by atoms with E-state index in [4.69, 9.17) is 14.5 Å². The molecule has 0 aliphatic heterocycles. The van der Waals surface area contributed by atoms with E-state index in [9.17, 15) is 14.4 Å². The van der Waals surface area contributed by atoms with E-state index in [1.54, 1.807) is 36.8 Å². The lowest BCUT2D eigenvalue weighted by molar-refractivity contribution is -0.131. The third kappa shape index (κ3) is 5.13. The molecule has 3 unspecified atom stereocenters. The number of fused-ring (bicyclic) bond motifs is 3. The smallest absolute Gasteiger partial charge is 0.328 e. The van der Waals surface area contributed by atoms with Gasteiger partial charge in [-0.25, -0.2) is 9.78 Å². The fourth-order valence-electron chi connectivity index (χ4n) is 7.47. The van der Waals surface area contributed by atoms with Crippen molar-refractivity contribution < 1.29 is 23.9 Å². The van der Waals surface area contributed by atoms with Crippen LogP contribution in [-0.4, -0.2) is 38.0 Å². The van der Waals surface area contributed by atoms with Gasteiger partial charge in [-0.2, -0.15) is 0 Å². The van der Waals surface area contributed by atoms with Gasteiger partial charge < -0.3 is 24.7 Å². The Morgan fingerprint density at radius 3 is 2.51 bits per heavy atom. The summed E-state index contributed by atoms with van der Waals surface area (Å²) < 4.78 is 7.76. The summed E-state index contributed by atoms with van der Waals surface area (Å²) in [6, 6.07) is 14.9. The molecule has 220 valence electrons. The van der Waals surface area contributed by atoms with Crippen LogP contribution in [0.3, 0.4) is 0 Å². The number of furan rings is 1. The van der Waals surface area contributed by atoms with Crippen LogP contribution in [0.1, 0.15) is 73.3 Å². The third-order valence-electron chi connectivity index (χ3n) is 9.59. The molecule has 9 nitrogen and oxygen atoms in total. The maximum absolute atomic E-state index is 13.7. The van der Waals surface area contributed by atoms with Crippen molar-refractivity contribution in [3.05, 3.63) is 78.3 Å². The minimum absolute atomic E-state index is 0.254. The number of rotatable bonds is 8. The van der Waals surface area contributed by atoms with Crippen LogP contribution in [0, 0.1) is 11.8 Å². The first-order valence-corrected chi connectivity index (χ1v) is 15.1. The Kier molecular flexibility index (Phi) is 6.88. The van der Waals surface area contributed by atoms with E-state index in [2.05, 4.69) is 15.2 Å². The van der Waals surface area contributed by atoms with Gasteiger partial charge in [0.25, 0.3) is 5.91 Å². The molecular weight excluding hydrogens is 544 g/mol. The number of hydrogen-bond donors (Lipinski definition) is 3. The number of nitrogens with zero attached hydrogens (tertiary/aromatic N) is 2. The Bertz CT molecular complexity index is 1710. The number of aliphatic carboxylic acids is 1. The van der Waals surface area contributed by atoms with Gasteiger partial charge in [-0.05, 0) is 92.0 Å². The number of anilines is 1. The highest BCUT2D eigenvalue weighted by Crippen LogP contribution is 2.52. The molecule has 2 amide bonds. The highest BCUT2D eigenvalue weighted by atomic mass is 16.4. The monoisotopic (exact) mass is 578 g/mol. The first kappa shape index (κ1) is 27.2. The lowest BCUT2D eigenvalue weighted by Gasteiger charge is -2.29. The van der Waals surface area contributed by atoms with Crippen molar-refractivity contribution in [2.45, 2.75) is 62.9 Å². The van der Waals surface area contributed by atoms with Gasteiger partial charge in [0.15, 0.2) is 0 Å². The van der Waals surface area contributed by atoms with E-state index >= 15 is 0 Å². The van der Waals surface area contributed by atoms with Crippen molar-refractivity contribution in [3.8, 4) is 11.4 Å². The average molecular weight is 579 g/mol. The number of carboxylic acids is 1. The molecule has 3 fully saturated rings. The molecule has 0 spiro atoms. The number of imidazole rings is 1. The Morgan fingerprint density at radius 1 is 1.02 bits per heavy atom. The third-order valence-corrected chi connectivity index (χ3v) is 9.59. The van der Waals surface area contributed by atoms with Crippen molar-refractivity contribution in [3.63, 3.8) is 0 Å². The summed E-state index contributed by atoms with van der Waals surface area (Å²) in [6.45, 7) is 0. The molecule has 0 saturated heterocycles. The summed E-state index contributed by atoms with van der Waals surface area (Å²) in [5.74, 6) is 0.714. The minimum Gasteiger partial charge on any atom is -0.478 e. The maximum atomic E-state index is 13.7. The van der Waals surface area contributed by atoms with Gasteiger partial charge in [-0.1, -0.05) is 31.4 Å². The van der Waals surface area contributed by atoms with Crippen LogP contribution < -0.4 is 10.6 Å². The van der Waals surface area contributed by atoms with E-state index in [1.165, 1.54) is 25.3 Å². The number of carbonyl (C=O) groups excluding carboxylic acids is 2. The number of nitrogens with one attached hydrogen (secondary N) is 2. The first-order chi connectivity index (χ1) is 20.9. The number of aromatic nitrogens is 2. The summed E-state index contributed by atoms with van der Waals surface area (Å²) in [5.41, 5.74) is 3.44.